The lowest BCUT2D eigenvalue weighted by Crippen LogP contribution is -2.00. The van der Waals surface area contributed by atoms with Crippen molar-refractivity contribution >= 4 is 38.3 Å². The van der Waals surface area contributed by atoms with Crippen LogP contribution < -0.4 is 0 Å². The van der Waals surface area contributed by atoms with Crippen LogP contribution in [0.2, 0.25) is 0 Å². The minimum Gasteiger partial charge on any atom is -0.435 e. The summed E-state index contributed by atoms with van der Waals surface area (Å²) in [4.78, 5) is 11.5. The number of ether oxygens (including phenoxy) is 1. The zero-order valence-electron chi connectivity index (χ0n) is 13.4. The number of aryl methyl sites for hydroxylation is 1. The van der Waals surface area contributed by atoms with E-state index in [-0.39, 0.29) is 5.97 Å². The van der Waals surface area contributed by atoms with Gasteiger partial charge in [-0.2, -0.15) is 0 Å². The van der Waals surface area contributed by atoms with Gasteiger partial charge in [0, 0.05) is 6.42 Å². The minimum atomic E-state index is -0.220. The van der Waals surface area contributed by atoms with Crippen molar-refractivity contribution in [3.63, 3.8) is 0 Å². The van der Waals surface area contributed by atoms with E-state index >= 15 is 0 Å². The van der Waals surface area contributed by atoms with E-state index in [1.165, 1.54) is 44.1 Å². The Kier molecular flexibility index (Phi) is 3.66. The largest absolute Gasteiger partial charge is 0.435 e. The average molecular weight is 314 g/mol. The fourth-order valence-electron chi connectivity index (χ4n) is 3.59. The summed E-state index contributed by atoms with van der Waals surface area (Å²) in [6, 6.07) is 19.6. The monoisotopic (exact) mass is 314 g/mol. The zero-order chi connectivity index (χ0) is 16.5. The molecule has 0 spiro atoms. The number of hydrogen-bond donors (Lipinski definition) is 0. The van der Waals surface area contributed by atoms with Gasteiger partial charge in [-0.05, 0) is 50.7 Å². The van der Waals surface area contributed by atoms with E-state index in [9.17, 15) is 4.79 Å². The molecule has 0 N–H and O–H groups in total. The van der Waals surface area contributed by atoms with Gasteiger partial charge in [0.1, 0.15) is 0 Å². The van der Waals surface area contributed by atoms with Gasteiger partial charge in [-0.15, -0.1) is 0 Å². The van der Waals surface area contributed by atoms with Gasteiger partial charge in [0.2, 0.25) is 0 Å². The fraction of sp³-hybridized carbons (Fsp3) is 0.136. The normalized spacial score (nSPS) is 11.3. The molecule has 0 saturated carbocycles. The lowest BCUT2D eigenvalue weighted by Gasteiger charge is -2.13. The highest BCUT2D eigenvalue weighted by molar-refractivity contribution is 6.23. The standard InChI is InChI=1S/C22H18O2/c1-2-24-20(23)8-4-5-15-9-10-18-12-11-16-6-3-7-17-13-14-19(15)22(18)21(16)17/h2-3,6-7,9-14H,1,4-5,8H2. The molecule has 4 rings (SSSR count). The Labute approximate surface area is 140 Å². The Morgan fingerprint density at radius 3 is 2.33 bits per heavy atom. The van der Waals surface area contributed by atoms with Crippen molar-refractivity contribution in [1.29, 1.82) is 0 Å². The van der Waals surface area contributed by atoms with Crippen molar-refractivity contribution in [2.45, 2.75) is 19.3 Å². The molecule has 0 radical (unpaired) electrons. The third-order valence-corrected chi connectivity index (χ3v) is 4.66. The van der Waals surface area contributed by atoms with Crippen LogP contribution in [0.4, 0.5) is 0 Å². The first-order chi connectivity index (χ1) is 11.8. The smallest absolute Gasteiger partial charge is 0.310 e. The minimum absolute atomic E-state index is 0.220. The molecule has 0 unspecified atom stereocenters. The number of benzene rings is 4. The molecule has 0 fully saturated rings. The van der Waals surface area contributed by atoms with E-state index in [0.29, 0.717) is 6.42 Å². The maximum Gasteiger partial charge on any atom is 0.310 e. The highest BCUT2D eigenvalue weighted by atomic mass is 16.5. The van der Waals surface area contributed by atoms with Crippen LogP contribution >= 0.6 is 0 Å². The van der Waals surface area contributed by atoms with Crippen LogP contribution in [0.1, 0.15) is 18.4 Å². The molecule has 24 heavy (non-hydrogen) atoms. The third-order valence-electron chi connectivity index (χ3n) is 4.66. The molecule has 118 valence electrons. The van der Waals surface area contributed by atoms with Gasteiger partial charge in [-0.1, -0.05) is 61.2 Å². The van der Waals surface area contributed by atoms with Gasteiger partial charge in [-0.25, -0.2) is 0 Å². The van der Waals surface area contributed by atoms with Crippen LogP contribution in [-0.4, -0.2) is 5.97 Å². The van der Waals surface area contributed by atoms with Gasteiger partial charge >= 0.3 is 5.97 Å². The van der Waals surface area contributed by atoms with Crippen molar-refractivity contribution in [3.8, 4) is 0 Å². The first-order valence-electron chi connectivity index (χ1n) is 8.24. The first-order valence-corrected chi connectivity index (χ1v) is 8.24. The summed E-state index contributed by atoms with van der Waals surface area (Å²) >= 11 is 0. The molecule has 0 atom stereocenters. The Balaban J connectivity index is 1.77. The van der Waals surface area contributed by atoms with Gasteiger partial charge < -0.3 is 4.74 Å². The highest BCUT2D eigenvalue weighted by Gasteiger charge is 2.11. The summed E-state index contributed by atoms with van der Waals surface area (Å²) in [7, 11) is 0. The molecule has 0 aliphatic heterocycles. The summed E-state index contributed by atoms with van der Waals surface area (Å²) in [5.41, 5.74) is 1.28. The van der Waals surface area contributed by atoms with Crippen molar-refractivity contribution < 1.29 is 9.53 Å². The van der Waals surface area contributed by atoms with E-state index in [2.05, 4.69) is 61.2 Å². The van der Waals surface area contributed by atoms with Crippen molar-refractivity contribution in [2.75, 3.05) is 0 Å². The van der Waals surface area contributed by atoms with Gasteiger partial charge in [0.25, 0.3) is 0 Å². The van der Waals surface area contributed by atoms with E-state index in [1.807, 2.05) is 0 Å². The van der Waals surface area contributed by atoms with Crippen LogP contribution in [0.25, 0.3) is 32.3 Å². The van der Waals surface area contributed by atoms with E-state index in [1.54, 1.807) is 0 Å². The fourth-order valence-corrected chi connectivity index (χ4v) is 3.59. The van der Waals surface area contributed by atoms with E-state index in [0.717, 1.165) is 12.8 Å². The van der Waals surface area contributed by atoms with Crippen LogP contribution in [-0.2, 0) is 16.0 Å². The maximum absolute atomic E-state index is 11.5. The average Bonchev–Trinajstić information content (AvgIpc) is 2.61. The Morgan fingerprint density at radius 1 is 0.917 bits per heavy atom. The lowest BCUT2D eigenvalue weighted by molar-refractivity contribution is -0.138. The second-order valence-corrected chi connectivity index (χ2v) is 6.09. The van der Waals surface area contributed by atoms with Crippen molar-refractivity contribution in [3.05, 3.63) is 73.0 Å². The number of carbonyl (C=O) groups is 1. The molecule has 0 aliphatic carbocycles. The molecule has 0 heterocycles. The van der Waals surface area contributed by atoms with Crippen LogP contribution in [0, 0.1) is 0 Å². The first kappa shape index (κ1) is 14.7. The number of rotatable bonds is 5. The molecule has 2 nitrogen and oxygen atoms in total. The Hall–Kier alpha value is -2.87. The van der Waals surface area contributed by atoms with E-state index < -0.39 is 0 Å². The summed E-state index contributed by atoms with van der Waals surface area (Å²) in [5, 5.41) is 7.77. The molecule has 0 aromatic heterocycles. The van der Waals surface area contributed by atoms with Crippen LogP contribution in [0.15, 0.2) is 67.4 Å². The predicted molar refractivity (Wildman–Crippen MR) is 99.4 cm³/mol. The SMILES string of the molecule is C=COC(=O)CCCc1ccc2ccc3cccc4ccc1c2c34. The Morgan fingerprint density at radius 2 is 1.58 bits per heavy atom. The molecule has 2 heteroatoms. The van der Waals surface area contributed by atoms with Crippen molar-refractivity contribution in [2.24, 2.45) is 0 Å². The lowest BCUT2D eigenvalue weighted by atomic mass is 9.90. The van der Waals surface area contributed by atoms with Crippen LogP contribution in [0.5, 0.6) is 0 Å². The summed E-state index contributed by atoms with van der Waals surface area (Å²) < 4.78 is 4.78. The zero-order valence-corrected chi connectivity index (χ0v) is 13.4. The molecular formula is C22H18O2. The highest BCUT2D eigenvalue weighted by Crippen LogP contribution is 2.36. The second kappa shape index (κ2) is 5.97. The van der Waals surface area contributed by atoms with Crippen LogP contribution in [0.3, 0.4) is 0 Å². The van der Waals surface area contributed by atoms with Gasteiger partial charge in [-0.3, -0.25) is 4.79 Å². The summed E-state index contributed by atoms with van der Waals surface area (Å²) in [5.74, 6) is -0.220. The molecule has 0 amide bonds. The number of carbonyl (C=O) groups excluding carboxylic acids is 1. The molecule has 4 aromatic rings. The summed E-state index contributed by atoms with van der Waals surface area (Å²) in [6.45, 7) is 3.41. The van der Waals surface area contributed by atoms with Gasteiger partial charge in [0.15, 0.2) is 0 Å². The third kappa shape index (κ3) is 2.41. The van der Waals surface area contributed by atoms with E-state index in [4.69, 9.17) is 4.74 Å². The molecule has 0 aliphatic rings. The number of hydrogen-bond acceptors (Lipinski definition) is 2. The van der Waals surface area contributed by atoms with Crippen molar-refractivity contribution in [1.82, 2.24) is 0 Å². The quantitative estimate of drug-likeness (QED) is 0.272. The predicted octanol–water partition coefficient (Wildman–Crippen LogP) is 5.59. The topological polar surface area (TPSA) is 26.3 Å². The molecule has 0 bridgehead atoms. The molecular weight excluding hydrogens is 296 g/mol. The molecule has 4 aromatic carbocycles. The second-order valence-electron chi connectivity index (χ2n) is 6.09. The maximum atomic E-state index is 11.5. The number of esters is 1. The summed E-state index contributed by atoms with van der Waals surface area (Å²) in [6.07, 6.45) is 3.24. The van der Waals surface area contributed by atoms with Gasteiger partial charge in [0.05, 0.1) is 6.26 Å². The molecule has 0 saturated heterocycles. The Bertz CT molecular complexity index is 1030.